The molecule has 0 aliphatic heterocycles. The van der Waals surface area contributed by atoms with Gasteiger partial charge in [-0.1, -0.05) is 57.2 Å². The van der Waals surface area contributed by atoms with Crippen molar-refractivity contribution in [1.29, 1.82) is 0 Å². The second-order valence-corrected chi connectivity index (χ2v) is 5.84. The molecule has 0 aliphatic rings. The van der Waals surface area contributed by atoms with Crippen LogP contribution in [-0.2, 0) is 0 Å². The van der Waals surface area contributed by atoms with Gasteiger partial charge in [0.1, 0.15) is 5.82 Å². The van der Waals surface area contributed by atoms with Crippen molar-refractivity contribution >= 4 is 0 Å². The Hall–Kier alpha value is -1.67. The van der Waals surface area contributed by atoms with Gasteiger partial charge < -0.3 is 5.32 Å². The summed E-state index contributed by atoms with van der Waals surface area (Å²) < 4.78 is 14.3. The third-order valence-corrected chi connectivity index (χ3v) is 3.81. The topological polar surface area (TPSA) is 12.0 Å². The first-order valence-corrected chi connectivity index (χ1v) is 7.62. The Morgan fingerprint density at radius 2 is 1.62 bits per heavy atom. The highest BCUT2D eigenvalue weighted by Crippen LogP contribution is 2.26. The monoisotopic (exact) mass is 285 g/mol. The number of halogens is 1. The molecule has 2 aromatic carbocycles. The van der Waals surface area contributed by atoms with Crippen LogP contribution < -0.4 is 5.32 Å². The largest absolute Gasteiger partial charge is 0.306 e. The summed E-state index contributed by atoms with van der Waals surface area (Å²) in [5, 5.41) is 3.38. The van der Waals surface area contributed by atoms with E-state index < -0.39 is 0 Å². The van der Waals surface area contributed by atoms with E-state index in [0.717, 1.165) is 17.7 Å². The van der Waals surface area contributed by atoms with Gasteiger partial charge in [-0.3, -0.25) is 0 Å². The molecule has 0 bridgehead atoms. The molecule has 1 unspecified atom stereocenters. The highest BCUT2D eigenvalue weighted by molar-refractivity contribution is 5.36. The average molecular weight is 285 g/mol. The van der Waals surface area contributed by atoms with Crippen LogP contribution in [0, 0.1) is 12.7 Å². The maximum Gasteiger partial charge on any atom is 0.128 e. The van der Waals surface area contributed by atoms with Crippen molar-refractivity contribution in [2.45, 2.75) is 39.7 Å². The second kappa shape index (κ2) is 6.86. The molecular formula is C19H24FN. The Balaban J connectivity index is 2.38. The van der Waals surface area contributed by atoms with Gasteiger partial charge in [0.15, 0.2) is 0 Å². The third kappa shape index (κ3) is 3.70. The van der Waals surface area contributed by atoms with Crippen LogP contribution >= 0.6 is 0 Å². The lowest BCUT2D eigenvalue weighted by molar-refractivity contribution is 0.558. The van der Waals surface area contributed by atoms with Crippen LogP contribution in [0.5, 0.6) is 0 Å². The van der Waals surface area contributed by atoms with E-state index in [9.17, 15) is 4.39 Å². The first-order chi connectivity index (χ1) is 10.0. The summed E-state index contributed by atoms with van der Waals surface area (Å²) in [5.41, 5.74) is 4.06. The number of benzene rings is 2. The summed E-state index contributed by atoms with van der Waals surface area (Å²) in [6.07, 6.45) is 0. The molecule has 0 saturated carbocycles. The predicted octanol–water partition coefficient (Wildman–Crippen LogP) is 4.96. The fourth-order valence-electron chi connectivity index (χ4n) is 2.55. The molecule has 21 heavy (non-hydrogen) atoms. The maximum absolute atomic E-state index is 14.3. The summed E-state index contributed by atoms with van der Waals surface area (Å²) in [6, 6.07) is 13.8. The molecule has 0 saturated heterocycles. The fraction of sp³-hybridized carbons (Fsp3) is 0.368. The molecule has 0 amide bonds. The summed E-state index contributed by atoms with van der Waals surface area (Å²) >= 11 is 0. The van der Waals surface area contributed by atoms with E-state index in [2.05, 4.69) is 43.4 Å². The molecular weight excluding hydrogens is 261 g/mol. The van der Waals surface area contributed by atoms with Crippen molar-refractivity contribution in [3.8, 4) is 0 Å². The van der Waals surface area contributed by atoms with E-state index in [0.29, 0.717) is 11.5 Å². The number of aryl methyl sites for hydroxylation is 1. The molecule has 1 atom stereocenters. The van der Waals surface area contributed by atoms with Crippen molar-refractivity contribution in [3.05, 3.63) is 70.5 Å². The van der Waals surface area contributed by atoms with Crippen LogP contribution in [0.3, 0.4) is 0 Å². The minimum atomic E-state index is -0.145. The zero-order valence-corrected chi connectivity index (χ0v) is 13.3. The summed E-state index contributed by atoms with van der Waals surface area (Å²) in [5.74, 6) is 0.363. The SMILES string of the molecule is CCNC(c1ccc(C(C)C)cc1)c1ccc(C)cc1F. The first-order valence-electron chi connectivity index (χ1n) is 7.62. The normalized spacial score (nSPS) is 12.7. The van der Waals surface area contributed by atoms with Gasteiger partial charge in [0.2, 0.25) is 0 Å². The highest BCUT2D eigenvalue weighted by atomic mass is 19.1. The molecule has 1 N–H and O–H groups in total. The fourth-order valence-corrected chi connectivity index (χ4v) is 2.55. The Labute approximate surface area is 127 Å². The number of hydrogen-bond acceptors (Lipinski definition) is 1. The molecule has 0 aromatic heterocycles. The molecule has 0 aliphatic carbocycles. The summed E-state index contributed by atoms with van der Waals surface area (Å²) in [4.78, 5) is 0. The van der Waals surface area contributed by atoms with Crippen LogP contribution in [0.2, 0.25) is 0 Å². The quantitative estimate of drug-likeness (QED) is 0.819. The minimum Gasteiger partial charge on any atom is -0.306 e. The molecule has 2 heteroatoms. The van der Waals surface area contributed by atoms with E-state index in [1.54, 1.807) is 6.07 Å². The van der Waals surface area contributed by atoms with E-state index in [1.165, 1.54) is 5.56 Å². The lowest BCUT2D eigenvalue weighted by Crippen LogP contribution is -2.23. The molecule has 1 nitrogen and oxygen atoms in total. The minimum absolute atomic E-state index is 0.100. The number of nitrogens with one attached hydrogen (secondary N) is 1. The van der Waals surface area contributed by atoms with Gasteiger partial charge in [0, 0.05) is 5.56 Å². The van der Waals surface area contributed by atoms with E-state index in [1.807, 2.05) is 26.0 Å². The van der Waals surface area contributed by atoms with Crippen molar-refractivity contribution < 1.29 is 4.39 Å². The van der Waals surface area contributed by atoms with Crippen LogP contribution in [0.15, 0.2) is 42.5 Å². The molecule has 112 valence electrons. The maximum atomic E-state index is 14.3. The third-order valence-electron chi connectivity index (χ3n) is 3.81. The van der Waals surface area contributed by atoms with Gasteiger partial charge >= 0.3 is 0 Å². The molecule has 2 rings (SSSR count). The van der Waals surface area contributed by atoms with E-state index >= 15 is 0 Å². The smallest absolute Gasteiger partial charge is 0.128 e. The lowest BCUT2D eigenvalue weighted by Gasteiger charge is -2.20. The van der Waals surface area contributed by atoms with Crippen molar-refractivity contribution in [3.63, 3.8) is 0 Å². The predicted molar refractivity (Wildman–Crippen MR) is 87.2 cm³/mol. The van der Waals surface area contributed by atoms with Gasteiger partial charge in [0.05, 0.1) is 6.04 Å². The van der Waals surface area contributed by atoms with Crippen molar-refractivity contribution in [1.82, 2.24) is 5.32 Å². The standard InChI is InChI=1S/C19H24FN/c1-5-21-19(17-11-6-14(4)12-18(17)20)16-9-7-15(8-10-16)13(2)3/h6-13,19,21H,5H2,1-4H3. The van der Waals surface area contributed by atoms with Gasteiger partial charge in [-0.05, 0) is 42.1 Å². The molecule has 0 radical (unpaired) electrons. The van der Waals surface area contributed by atoms with Crippen LogP contribution in [0.4, 0.5) is 4.39 Å². The Morgan fingerprint density at radius 3 is 2.14 bits per heavy atom. The number of rotatable bonds is 5. The van der Waals surface area contributed by atoms with Gasteiger partial charge in [-0.15, -0.1) is 0 Å². The van der Waals surface area contributed by atoms with Gasteiger partial charge in [-0.25, -0.2) is 4.39 Å². The second-order valence-electron chi connectivity index (χ2n) is 5.84. The van der Waals surface area contributed by atoms with Crippen molar-refractivity contribution in [2.75, 3.05) is 6.54 Å². The van der Waals surface area contributed by atoms with Crippen LogP contribution in [0.1, 0.15) is 55.0 Å². The Kier molecular flexibility index (Phi) is 5.13. The van der Waals surface area contributed by atoms with Crippen molar-refractivity contribution in [2.24, 2.45) is 0 Å². The van der Waals surface area contributed by atoms with E-state index in [-0.39, 0.29) is 11.9 Å². The first kappa shape index (κ1) is 15.7. The van der Waals surface area contributed by atoms with Crippen LogP contribution in [0.25, 0.3) is 0 Å². The Bertz CT molecular complexity index is 587. The van der Waals surface area contributed by atoms with Gasteiger partial charge in [0.25, 0.3) is 0 Å². The average Bonchev–Trinajstić information content (AvgIpc) is 2.46. The highest BCUT2D eigenvalue weighted by Gasteiger charge is 2.17. The van der Waals surface area contributed by atoms with Gasteiger partial charge in [-0.2, -0.15) is 0 Å². The zero-order valence-electron chi connectivity index (χ0n) is 13.3. The zero-order chi connectivity index (χ0) is 15.4. The van der Waals surface area contributed by atoms with E-state index in [4.69, 9.17) is 0 Å². The van der Waals surface area contributed by atoms with Crippen LogP contribution in [-0.4, -0.2) is 6.54 Å². The lowest BCUT2D eigenvalue weighted by atomic mass is 9.94. The Morgan fingerprint density at radius 1 is 1.00 bits per heavy atom. The molecule has 2 aromatic rings. The summed E-state index contributed by atoms with van der Waals surface area (Å²) in [6.45, 7) is 9.10. The molecule has 0 heterocycles. The summed E-state index contributed by atoms with van der Waals surface area (Å²) in [7, 11) is 0. The number of hydrogen-bond donors (Lipinski definition) is 1. The molecule has 0 spiro atoms. The molecule has 0 fully saturated rings.